The minimum Gasteiger partial charge on any atom is -0.493 e. The molecule has 0 saturated heterocycles. The van der Waals surface area contributed by atoms with Gasteiger partial charge in [0, 0.05) is 31.5 Å². The molecular formula is C26H25N3O6. The minimum atomic E-state index is -0.685. The number of carbonyl (C=O) groups is 3. The Balaban J connectivity index is 1.43. The standard InChI is InChI=1S/C26H25N3O6/c1-33-20-10-9-18-22(23(20)34-2)26(32)29-19-8-4-3-7-17(19)25(31)28(24(18)29)14-12-21(30)27-13-11-16-6-5-15-35-16/h3-10,15,24H,11-14H2,1-2H3,(H,27,30)/t24-/m1/s1. The second kappa shape index (κ2) is 9.17. The molecule has 1 N–H and O–H groups in total. The number of carbonyl (C=O) groups excluding carboxylic acids is 3. The summed E-state index contributed by atoms with van der Waals surface area (Å²) in [5.74, 6) is 0.835. The molecule has 0 unspecified atom stereocenters. The Labute approximate surface area is 202 Å². The van der Waals surface area contributed by atoms with E-state index in [1.165, 1.54) is 14.2 Å². The number of benzene rings is 2. The molecule has 0 fully saturated rings. The van der Waals surface area contributed by atoms with E-state index < -0.39 is 6.17 Å². The first-order chi connectivity index (χ1) is 17.0. The van der Waals surface area contributed by atoms with Crippen LogP contribution in [0.3, 0.4) is 0 Å². The van der Waals surface area contributed by atoms with Crippen molar-refractivity contribution in [3.05, 3.63) is 77.2 Å². The lowest BCUT2D eigenvalue weighted by Crippen LogP contribution is -2.49. The van der Waals surface area contributed by atoms with Crippen LogP contribution in [0.5, 0.6) is 11.5 Å². The van der Waals surface area contributed by atoms with Crippen LogP contribution in [0.1, 0.15) is 44.6 Å². The number of rotatable bonds is 8. The number of anilines is 1. The average Bonchev–Trinajstić information content (AvgIpc) is 3.50. The van der Waals surface area contributed by atoms with Gasteiger partial charge in [-0.2, -0.15) is 0 Å². The van der Waals surface area contributed by atoms with Gasteiger partial charge in [0.05, 0.1) is 37.3 Å². The Hall–Kier alpha value is -4.27. The number of nitrogens with one attached hydrogen (secondary N) is 1. The molecule has 2 aliphatic rings. The molecule has 2 aromatic carbocycles. The lowest BCUT2D eigenvalue weighted by atomic mass is 10.0. The molecule has 180 valence electrons. The summed E-state index contributed by atoms with van der Waals surface area (Å²) in [7, 11) is 2.99. The topological polar surface area (TPSA) is 101 Å². The summed E-state index contributed by atoms with van der Waals surface area (Å²) in [4.78, 5) is 42.9. The molecular weight excluding hydrogens is 450 g/mol. The van der Waals surface area contributed by atoms with E-state index in [-0.39, 0.29) is 30.7 Å². The number of nitrogens with zero attached hydrogens (tertiary/aromatic N) is 2. The van der Waals surface area contributed by atoms with Crippen LogP contribution in [0, 0.1) is 0 Å². The number of furan rings is 1. The monoisotopic (exact) mass is 475 g/mol. The number of hydrogen-bond donors (Lipinski definition) is 1. The maximum absolute atomic E-state index is 13.7. The van der Waals surface area contributed by atoms with E-state index in [1.54, 1.807) is 58.5 Å². The van der Waals surface area contributed by atoms with Gasteiger partial charge in [-0.15, -0.1) is 0 Å². The molecule has 5 rings (SSSR count). The van der Waals surface area contributed by atoms with Crippen molar-refractivity contribution in [2.45, 2.75) is 19.0 Å². The van der Waals surface area contributed by atoms with Gasteiger partial charge in [0.25, 0.3) is 11.8 Å². The maximum Gasteiger partial charge on any atom is 0.264 e. The van der Waals surface area contributed by atoms with Gasteiger partial charge in [0.1, 0.15) is 11.9 Å². The normalized spacial score (nSPS) is 16.0. The smallest absolute Gasteiger partial charge is 0.264 e. The van der Waals surface area contributed by atoms with Gasteiger partial charge < -0.3 is 24.1 Å². The lowest BCUT2D eigenvalue weighted by molar-refractivity contribution is -0.121. The van der Waals surface area contributed by atoms with Gasteiger partial charge in [0.2, 0.25) is 5.91 Å². The third kappa shape index (κ3) is 3.78. The molecule has 0 bridgehead atoms. The van der Waals surface area contributed by atoms with Crippen molar-refractivity contribution >= 4 is 23.4 Å². The highest BCUT2D eigenvalue weighted by atomic mass is 16.5. The number of hydrogen-bond acceptors (Lipinski definition) is 6. The molecule has 3 heterocycles. The fraction of sp³-hybridized carbons (Fsp3) is 0.269. The van der Waals surface area contributed by atoms with E-state index in [1.807, 2.05) is 6.07 Å². The van der Waals surface area contributed by atoms with Crippen molar-refractivity contribution in [3.8, 4) is 11.5 Å². The van der Waals surface area contributed by atoms with Gasteiger partial charge in [-0.05, 0) is 30.3 Å². The molecule has 35 heavy (non-hydrogen) atoms. The molecule has 0 radical (unpaired) electrons. The number of para-hydroxylation sites is 1. The quantitative estimate of drug-likeness (QED) is 0.537. The van der Waals surface area contributed by atoms with E-state index in [0.717, 1.165) is 5.76 Å². The molecule has 9 heteroatoms. The average molecular weight is 476 g/mol. The van der Waals surface area contributed by atoms with E-state index in [4.69, 9.17) is 13.9 Å². The highest BCUT2D eigenvalue weighted by Crippen LogP contribution is 2.49. The maximum atomic E-state index is 13.7. The van der Waals surface area contributed by atoms with Crippen LogP contribution in [0.2, 0.25) is 0 Å². The molecule has 1 atom stereocenters. The molecule has 3 amide bonds. The largest absolute Gasteiger partial charge is 0.493 e. The Morgan fingerprint density at radius 2 is 1.86 bits per heavy atom. The second-order valence-corrected chi connectivity index (χ2v) is 8.26. The van der Waals surface area contributed by atoms with Crippen LogP contribution in [-0.2, 0) is 11.2 Å². The zero-order valence-electron chi connectivity index (χ0n) is 19.4. The first-order valence-electron chi connectivity index (χ1n) is 11.3. The SMILES string of the molecule is COc1ccc2c(c1OC)C(=O)N1c3ccccc3C(=O)N(CCC(=O)NCCc3ccco3)[C@@H]21. The summed E-state index contributed by atoms with van der Waals surface area (Å²) in [6.45, 7) is 0.568. The second-order valence-electron chi connectivity index (χ2n) is 8.26. The van der Waals surface area contributed by atoms with Gasteiger partial charge in [-0.1, -0.05) is 18.2 Å². The van der Waals surface area contributed by atoms with Crippen LogP contribution in [0.25, 0.3) is 0 Å². The Bertz CT molecular complexity index is 1290. The molecule has 2 aliphatic heterocycles. The van der Waals surface area contributed by atoms with Crippen molar-refractivity contribution in [2.75, 3.05) is 32.2 Å². The van der Waals surface area contributed by atoms with Crippen molar-refractivity contribution in [1.82, 2.24) is 10.2 Å². The third-order valence-corrected chi connectivity index (χ3v) is 6.34. The Morgan fingerprint density at radius 1 is 1.03 bits per heavy atom. The van der Waals surface area contributed by atoms with Crippen LogP contribution >= 0.6 is 0 Å². The predicted octanol–water partition coefficient (Wildman–Crippen LogP) is 3.16. The highest BCUT2D eigenvalue weighted by molar-refractivity contribution is 6.18. The van der Waals surface area contributed by atoms with E-state index in [9.17, 15) is 14.4 Å². The van der Waals surface area contributed by atoms with Crippen LogP contribution in [-0.4, -0.2) is 49.9 Å². The minimum absolute atomic E-state index is 0.0905. The van der Waals surface area contributed by atoms with Crippen molar-refractivity contribution < 1.29 is 28.3 Å². The van der Waals surface area contributed by atoms with E-state index in [0.29, 0.717) is 46.8 Å². The zero-order valence-corrected chi connectivity index (χ0v) is 19.4. The number of fused-ring (bicyclic) bond motifs is 5. The van der Waals surface area contributed by atoms with E-state index in [2.05, 4.69) is 5.32 Å². The fourth-order valence-corrected chi connectivity index (χ4v) is 4.74. The lowest BCUT2D eigenvalue weighted by Gasteiger charge is -2.40. The third-order valence-electron chi connectivity index (χ3n) is 6.34. The van der Waals surface area contributed by atoms with Crippen LogP contribution in [0.4, 0.5) is 5.69 Å². The van der Waals surface area contributed by atoms with E-state index >= 15 is 0 Å². The Morgan fingerprint density at radius 3 is 2.60 bits per heavy atom. The molecule has 9 nitrogen and oxygen atoms in total. The molecule has 0 aliphatic carbocycles. The predicted molar refractivity (Wildman–Crippen MR) is 127 cm³/mol. The van der Waals surface area contributed by atoms with Crippen molar-refractivity contribution in [2.24, 2.45) is 0 Å². The molecule has 0 spiro atoms. The highest BCUT2D eigenvalue weighted by Gasteiger charge is 2.49. The summed E-state index contributed by atoms with van der Waals surface area (Å²) in [6, 6.07) is 14.1. The summed E-state index contributed by atoms with van der Waals surface area (Å²) >= 11 is 0. The molecule has 3 aromatic rings. The van der Waals surface area contributed by atoms with Crippen molar-refractivity contribution in [3.63, 3.8) is 0 Å². The van der Waals surface area contributed by atoms with Crippen molar-refractivity contribution in [1.29, 1.82) is 0 Å². The number of ether oxygens (including phenoxy) is 2. The van der Waals surface area contributed by atoms with Gasteiger partial charge in [-0.25, -0.2) is 0 Å². The summed E-state index contributed by atoms with van der Waals surface area (Å²) in [5.41, 5.74) is 1.93. The van der Waals surface area contributed by atoms with Gasteiger partial charge in [0.15, 0.2) is 11.5 Å². The first kappa shape index (κ1) is 22.5. The van der Waals surface area contributed by atoms with Crippen LogP contribution < -0.4 is 19.7 Å². The van der Waals surface area contributed by atoms with Gasteiger partial charge >= 0.3 is 0 Å². The molecule has 0 saturated carbocycles. The van der Waals surface area contributed by atoms with Gasteiger partial charge in [-0.3, -0.25) is 19.3 Å². The molecule has 1 aromatic heterocycles. The fourth-order valence-electron chi connectivity index (χ4n) is 4.74. The zero-order chi connectivity index (χ0) is 24.5. The number of amides is 3. The first-order valence-corrected chi connectivity index (χ1v) is 11.3. The summed E-state index contributed by atoms with van der Waals surface area (Å²) in [5, 5.41) is 2.86. The summed E-state index contributed by atoms with van der Waals surface area (Å²) in [6.07, 6.45) is 1.58. The van der Waals surface area contributed by atoms with Crippen LogP contribution in [0.15, 0.2) is 59.2 Å². The Kier molecular flexibility index (Phi) is 5.90. The number of methoxy groups -OCH3 is 2. The summed E-state index contributed by atoms with van der Waals surface area (Å²) < 4.78 is 16.2.